The summed E-state index contributed by atoms with van der Waals surface area (Å²) in [6, 6.07) is 22.0. The number of hydrogen-bond donors (Lipinski definition) is 2. The van der Waals surface area contributed by atoms with E-state index in [0.717, 1.165) is 63.9 Å². The van der Waals surface area contributed by atoms with Crippen LogP contribution in [0.1, 0.15) is 50.2 Å². The largest absolute Gasteiger partial charge is 0.462 e. The number of fused-ring (bicyclic) bond motifs is 2. The van der Waals surface area contributed by atoms with Gasteiger partial charge in [0.2, 0.25) is 0 Å². The fourth-order valence-electron chi connectivity index (χ4n) is 5.12. The summed E-state index contributed by atoms with van der Waals surface area (Å²) in [5.41, 5.74) is 12.3. The molecule has 0 bridgehead atoms. The summed E-state index contributed by atoms with van der Waals surface area (Å²) >= 11 is 2.74. The molecule has 39 heavy (non-hydrogen) atoms. The first kappa shape index (κ1) is 25.3. The van der Waals surface area contributed by atoms with Crippen molar-refractivity contribution in [2.45, 2.75) is 32.6 Å². The number of thiophene rings is 2. The minimum absolute atomic E-state index is 0.276. The van der Waals surface area contributed by atoms with E-state index in [1.54, 1.807) is 6.92 Å². The number of hydrogen-bond acceptors (Lipinski definition) is 7. The van der Waals surface area contributed by atoms with Crippen molar-refractivity contribution in [1.82, 2.24) is 4.98 Å². The Morgan fingerprint density at radius 1 is 0.974 bits per heavy atom. The number of ether oxygens (including phenoxy) is 1. The van der Waals surface area contributed by atoms with Crippen LogP contribution in [0.15, 0.2) is 66.7 Å². The van der Waals surface area contributed by atoms with E-state index in [-0.39, 0.29) is 12.5 Å². The molecule has 0 atom stereocenters. The molecular weight excluding hydrogens is 526 g/mol. The van der Waals surface area contributed by atoms with Crippen molar-refractivity contribution >= 4 is 55.5 Å². The van der Waals surface area contributed by atoms with Gasteiger partial charge in [0, 0.05) is 15.8 Å². The van der Waals surface area contributed by atoms with Gasteiger partial charge in [-0.2, -0.15) is 0 Å². The number of nitrogens with two attached hydrogens (primary N) is 1. The van der Waals surface area contributed by atoms with E-state index in [1.807, 2.05) is 66.7 Å². The number of nitrogen functional groups attached to an aromatic ring is 1. The van der Waals surface area contributed by atoms with Gasteiger partial charge in [0.1, 0.15) is 14.7 Å². The van der Waals surface area contributed by atoms with E-state index in [0.29, 0.717) is 26.0 Å². The van der Waals surface area contributed by atoms with E-state index in [9.17, 15) is 9.59 Å². The van der Waals surface area contributed by atoms with Crippen molar-refractivity contribution < 1.29 is 14.3 Å². The Balaban J connectivity index is 1.45. The van der Waals surface area contributed by atoms with Gasteiger partial charge in [0.15, 0.2) is 0 Å². The summed E-state index contributed by atoms with van der Waals surface area (Å²) in [6.45, 7) is 2.06. The smallest absolute Gasteiger partial charge is 0.341 e. The molecule has 8 heteroatoms. The number of esters is 1. The molecule has 2 aromatic carbocycles. The lowest BCUT2D eigenvalue weighted by Gasteiger charge is -2.12. The number of rotatable bonds is 6. The van der Waals surface area contributed by atoms with E-state index in [1.165, 1.54) is 22.7 Å². The lowest BCUT2D eigenvalue weighted by molar-refractivity contribution is 0.0526. The number of anilines is 2. The van der Waals surface area contributed by atoms with Gasteiger partial charge in [-0.15, -0.1) is 22.7 Å². The molecule has 1 aliphatic rings. The summed E-state index contributed by atoms with van der Waals surface area (Å²) in [5, 5.41) is 4.30. The van der Waals surface area contributed by atoms with Gasteiger partial charge >= 0.3 is 5.97 Å². The highest BCUT2D eigenvalue weighted by Crippen LogP contribution is 2.43. The third-order valence-corrected chi connectivity index (χ3v) is 9.24. The fraction of sp³-hybridized carbons (Fsp3) is 0.194. The standard InChI is InChI=1S/C31H27N3O3S2/c1-2-37-31(36)25-20-15-9-10-16-23(20)38-30(25)34-28(35)27-26(32)24-21(18-11-5-3-6-12-18)17-22(33-29(24)39-27)19-13-7-4-8-14-19/h3-8,11-14,17H,2,9-10,15-16,32H2,1H3,(H,34,35). The molecule has 0 unspecified atom stereocenters. The maximum Gasteiger partial charge on any atom is 0.341 e. The molecule has 6 rings (SSSR count). The van der Waals surface area contributed by atoms with Crippen LogP contribution in [-0.4, -0.2) is 23.5 Å². The zero-order valence-corrected chi connectivity index (χ0v) is 23.1. The molecule has 0 saturated carbocycles. The van der Waals surface area contributed by atoms with Crippen molar-refractivity contribution in [3.05, 3.63) is 87.6 Å². The second-order valence-corrected chi connectivity index (χ2v) is 11.5. The molecule has 0 aliphatic heterocycles. The lowest BCUT2D eigenvalue weighted by Crippen LogP contribution is -2.15. The van der Waals surface area contributed by atoms with Gasteiger partial charge < -0.3 is 15.8 Å². The zero-order valence-electron chi connectivity index (χ0n) is 21.5. The third-order valence-electron chi connectivity index (χ3n) is 6.94. The number of carbonyl (C=O) groups is 2. The van der Waals surface area contributed by atoms with Crippen molar-refractivity contribution in [2.75, 3.05) is 17.7 Å². The van der Waals surface area contributed by atoms with Crippen LogP contribution in [0.2, 0.25) is 0 Å². The van der Waals surface area contributed by atoms with Crippen LogP contribution in [0.5, 0.6) is 0 Å². The molecule has 0 fully saturated rings. The molecular formula is C31H27N3O3S2. The molecule has 0 saturated heterocycles. The molecule has 196 valence electrons. The van der Waals surface area contributed by atoms with Crippen molar-refractivity contribution in [1.29, 1.82) is 0 Å². The first-order valence-electron chi connectivity index (χ1n) is 13.0. The Hall–Kier alpha value is -4.01. The lowest BCUT2D eigenvalue weighted by atomic mass is 9.95. The van der Waals surface area contributed by atoms with Gasteiger partial charge in [0.25, 0.3) is 5.91 Å². The molecule has 5 aromatic rings. The third kappa shape index (κ3) is 4.70. The monoisotopic (exact) mass is 553 g/mol. The van der Waals surface area contributed by atoms with Crippen molar-refractivity contribution in [3.8, 4) is 22.4 Å². The molecule has 0 spiro atoms. The number of carbonyl (C=O) groups excluding carboxylic acids is 2. The van der Waals surface area contributed by atoms with Gasteiger partial charge in [-0.25, -0.2) is 9.78 Å². The van der Waals surface area contributed by atoms with E-state index < -0.39 is 5.97 Å². The predicted octanol–water partition coefficient (Wildman–Crippen LogP) is 7.58. The van der Waals surface area contributed by atoms with Crippen LogP contribution in [-0.2, 0) is 17.6 Å². The van der Waals surface area contributed by atoms with E-state index >= 15 is 0 Å². The van der Waals surface area contributed by atoms with Gasteiger partial charge in [0.05, 0.1) is 23.6 Å². The number of aromatic nitrogens is 1. The van der Waals surface area contributed by atoms with E-state index in [4.69, 9.17) is 15.5 Å². The average Bonchev–Trinajstić information content (AvgIpc) is 3.50. The second-order valence-electron chi connectivity index (χ2n) is 9.40. The topological polar surface area (TPSA) is 94.3 Å². The van der Waals surface area contributed by atoms with Crippen LogP contribution in [0.4, 0.5) is 10.7 Å². The number of amides is 1. The zero-order chi connectivity index (χ0) is 26.9. The molecule has 1 aliphatic carbocycles. The van der Waals surface area contributed by atoms with Crippen molar-refractivity contribution in [3.63, 3.8) is 0 Å². The van der Waals surface area contributed by atoms with Gasteiger partial charge in [-0.1, -0.05) is 60.7 Å². The second kappa shape index (κ2) is 10.6. The van der Waals surface area contributed by atoms with Gasteiger partial charge in [-0.05, 0) is 55.4 Å². The number of nitrogens with zero attached hydrogens (tertiary/aromatic N) is 1. The van der Waals surface area contributed by atoms with Gasteiger partial charge in [-0.3, -0.25) is 4.79 Å². The summed E-state index contributed by atoms with van der Waals surface area (Å²) in [6.07, 6.45) is 3.81. The van der Waals surface area contributed by atoms with Crippen LogP contribution < -0.4 is 11.1 Å². The molecule has 3 heterocycles. The Morgan fingerprint density at radius 3 is 2.38 bits per heavy atom. The quantitative estimate of drug-likeness (QED) is 0.211. The molecule has 6 nitrogen and oxygen atoms in total. The number of pyridine rings is 1. The van der Waals surface area contributed by atoms with Crippen LogP contribution in [0, 0.1) is 0 Å². The average molecular weight is 554 g/mol. The summed E-state index contributed by atoms with van der Waals surface area (Å²) in [7, 11) is 0. The summed E-state index contributed by atoms with van der Waals surface area (Å²) < 4.78 is 5.36. The fourth-order valence-corrected chi connectivity index (χ4v) is 7.41. The predicted molar refractivity (Wildman–Crippen MR) is 160 cm³/mol. The van der Waals surface area contributed by atoms with Crippen LogP contribution in [0.25, 0.3) is 32.6 Å². The summed E-state index contributed by atoms with van der Waals surface area (Å²) in [5.74, 6) is -0.739. The molecule has 3 aromatic heterocycles. The maximum absolute atomic E-state index is 13.7. The van der Waals surface area contributed by atoms with Crippen LogP contribution >= 0.6 is 22.7 Å². The minimum atomic E-state index is -0.392. The number of aryl methyl sites for hydroxylation is 1. The summed E-state index contributed by atoms with van der Waals surface area (Å²) in [4.78, 5) is 33.7. The Bertz CT molecular complexity index is 1690. The Kier molecular flexibility index (Phi) is 6.89. The Labute approximate surface area is 234 Å². The first-order chi connectivity index (χ1) is 19.0. The normalized spacial score (nSPS) is 12.7. The van der Waals surface area contributed by atoms with E-state index in [2.05, 4.69) is 5.32 Å². The Morgan fingerprint density at radius 2 is 1.67 bits per heavy atom. The maximum atomic E-state index is 13.7. The van der Waals surface area contributed by atoms with Crippen LogP contribution in [0.3, 0.4) is 0 Å². The first-order valence-corrected chi connectivity index (χ1v) is 14.6. The minimum Gasteiger partial charge on any atom is -0.462 e. The molecule has 1 amide bonds. The molecule has 3 N–H and O–H groups in total. The SMILES string of the molecule is CCOC(=O)c1c(NC(=O)c2sc3nc(-c4ccccc4)cc(-c4ccccc4)c3c2N)sc2c1CCCC2. The number of nitrogens with one attached hydrogen (secondary N) is 1. The number of benzene rings is 2. The van der Waals surface area contributed by atoms with Crippen molar-refractivity contribution in [2.24, 2.45) is 0 Å². The highest BCUT2D eigenvalue weighted by atomic mass is 32.1. The highest BCUT2D eigenvalue weighted by molar-refractivity contribution is 7.21. The highest BCUT2D eigenvalue weighted by Gasteiger charge is 2.29. The molecule has 0 radical (unpaired) electrons.